The van der Waals surface area contributed by atoms with Crippen molar-refractivity contribution in [2.75, 3.05) is 7.05 Å². The lowest BCUT2D eigenvalue weighted by atomic mass is 9.98. The van der Waals surface area contributed by atoms with Gasteiger partial charge in [-0.3, -0.25) is 19.7 Å². The van der Waals surface area contributed by atoms with Gasteiger partial charge in [-0.25, -0.2) is 0 Å². The van der Waals surface area contributed by atoms with E-state index >= 15 is 0 Å². The number of rotatable bonds is 2. The van der Waals surface area contributed by atoms with Crippen molar-refractivity contribution in [1.82, 2.24) is 4.90 Å². The maximum absolute atomic E-state index is 13.1. The Morgan fingerprint density at radius 2 is 1.96 bits per heavy atom. The predicted molar refractivity (Wildman–Crippen MR) is 97.2 cm³/mol. The third kappa shape index (κ3) is 2.33. The first-order valence-corrected chi connectivity index (χ1v) is 8.45. The van der Waals surface area contributed by atoms with Crippen molar-refractivity contribution < 1.29 is 14.1 Å². The van der Waals surface area contributed by atoms with Gasteiger partial charge in [-0.1, -0.05) is 28.1 Å². The van der Waals surface area contributed by atoms with E-state index in [1.54, 1.807) is 31.3 Å². The molecule has 0 spiro atoms. The Morgan fingerprint density at radius 1 is 1.19 bits per heavy atom. The number of nitro groups is 1. The number of nitro benzene ring substituents is 1. The van der Waals surface area contributed by atoms with Crippen LogP contribution in [-0.4, -0.2) is 22.8 Å². The molecule has 2 aromatic carbocycles. The van der Waals surface area contributed by atoms with Crippen LogP contribution in [0.4, 0.5) is 5.69 Å². The lowest BCUT2D eigenvalue weighted by molar-refractivity contribution is -0.384. The Balaban J connectivity index is 2.01. The van der Waals surface area contributed by atoms with Crippen LogP contribution in [0.1, 0.15) is 27.7 Å². The van der Waals surface area contributed by atoms with Crippen LogP contribution >= 0.6 is 15.9 Å². The molecule has 4 rings (SSSR count). The van der Waals surface area contributed by atoms with E-state index < -0.39 is 16.9 Å². The minimum Gasteiger partial charge on any atom is -0.450 e. The summed E-state index contributed by atoms with van der Waals surface area (Å²) in [6.45, 7) is 0. The third-order valence-corrected chi connectivity index (χ3v) is 4.95. The number of halogens is 1. The standard InChI is InChI=1S/C18H11BrN2O5/c1-20-15(9-3-2-4-11(7-9)21(24)25)14-16(22)12-8-10(19)5-6-13(12)26-17(14)18(20)23/h2-8,15H,1H3. The van der Waals surface area contributed by atoms with Crippen molar-refractivity contribution in [2.24, 2.45) is 0 Å². The second-order valence-electron chi connectivity index (χ2n) is 5.99. The van der Waals surface area contributed by atoms with Crippen molar-refractivity contribution >= 4 is 38.5 Å². The third-order valence-electron chi connectivity index (χ3n) is 4.46. The van der Waals surface area contributed by atoms with Gasteiger partial charge in [0.25, 0.3) is 11.6 Å². The molecular formula is C18H11BrN2O5. The zero-order valence-electron chi connectivity index (χ0n) is 13.4. The van der Waals surface area contributed by atoms with Crippen LogP contribution in [0.15, 0.2) is 56.1 Å². The van der Waals surface area contributed by atoms with Crippen LogP contribution in [0.25, 0.3) is 11.0 Å². The van der Waals surface area contributed by atoms with Gasteiger partial charge in [0.15, 0.2) is 5.43 Å². The molecular weight excluding hydrogens is 404 g/mol. The SMILES string of the molecule is CN1C(=O)c2oc3ccc(Br)cc3c(=O)c2C1c1cccc([N+](=O)[O-])c1. The smallest absolute Gasteiger partial charge is 0.290 e. The van der Waals surface area contributed by atoms with Crippen molar-refractivity contribution in [1.29, 1.82) is 0 Å². The second kappa shape index (κ2) is 5.77. The summed E-state index contributed by atoms with van der Waals surface area (Å²) in [7, 11) is 1.54. The van der Waals surface area contributed by atoms with E-state index in [-0.39, 0.29) is 22.4 Å². The molecule has 26 heavy (non-hydrogen) atoms. The highest BCUT2D eigenvalue weighted by Gasteiger charge is 2.41. The molecule has 1 aliphatic rings. The van der Waals surface area contributed by atoms with Crippen LogP contribution < -0.4 is 5.43 Å². The van der Waals surface area contributed by atoms with Crippen LogP contribution in [-0.2, 0) is 0 Å². The minimum absolute atomic E-state index is 0.0242. The van der Waals surface area contributed by atoms with Crippen LogP contribution in [0, 0.1) is 10.1 Å². The topological polar surface area (TPSA) is 93.7 Å². The molecule has 2 heterocycles. The lowest BCUT2D eigenvalue weighted by Crippen LogP contribution is -2.25. The monoisotopic (exact) mass is 414 g/mol. The normalized spacial score (nSPS) is 16.2. The van der Waals surface area contributed by atoms with Crippen molar-refractivity contribution in [3.63, 3.8) is 0 Å². The van der Waals surface area contributed by atoms with E-state index in [4.69, 9.17) is 4.42 Å². The second-order valence-corrected chi connectivity index (χ2v) is 6.90. The van der Waals surface area contributed by atoms with Crippen LogP contribution in [0.3, 0.4) is 0 Å². The first-order valence-electron chi connectivity index (χ1n) is 7.66. The number of hydrogen-bond donors (Lipinski definition) is 0. The molecule has 1 unspecified atom stereocenters. The van der Waals surface area contributed by atoms with Gasteiger partial charge in [0, 0.05) is 23.7 Å². The minimum atomic E-state index is -0.739. The van der Waals surface area contributed by atoms with E-state index in [0.717, 1.165) is 0 Å². The van der Waals surface area contributed by atoms with Crippen molar-refractivity contribution in [3.05, 3.63) is 84.2 Å². The molecule has 1 aromatic heterocycles. The molecule has 3 aromatic rings. The maximum Gasteiger partial charge on any atom is 0.290 e. The van der Waals surface area contributed by atoms with Crippen molar-refractivity contribution in [2.45, 2.75) is 6.04 Å². The Hall–Kier alpha value is -3.00. The predicted octanol–water partition coefficient (Wildman–Crippen LogP) is 3.64. The summed E-state index contributed by atoms with van der Waals surface area (Å²) in [5.74, 6) is -0.456. The Morgan fingerprint density at radius 3 is 2.69 bits per heavy atom. The van der Waals surface area contributed by atoms with Gasteiger partial charge in [0.1, 0.15) is 5.58 Å². The molecule has 8 heteroatoms. The summed E-state index contributed by atoms with van der Waals surface area (Å²) >= 11 is 3.32. The molecule has 0 aliphatic carbocycles. The summed E-state index contributed by atoms with van der Waals surface area (Å²) in [5.41, 5.74) is 0.568. The van der Waals surface area contributed by atoms with Crippen LogP contribution in [0.5, 0.6) is 0 Å². The number of nitrogens with zero attached hydrogens (tertiary/aromatic N) is 2. The van der Waals surface area contributed by atoms with Gasteiger partial charge in [-0.05, 0) is 23.8 Å². The molecule has 0 fully saturated rings. The number of benzene rings is 2. The van der Waals surface area contributed by atoms with Gasteiger partial charge in [-0.2, -0.15) is 0 Å². The van der Waals surface area contributed by atoms with Crippen LogP contribution in [0.2, 0.25) is 0 Å². The van der Waals surface area contributed by atoms with Gasteiger partial charge >= 0.3 is 0 Å². The highest BCUT2D eigenvalue weighted by molar-refractivity contribution is 9.10. The number of non-ortho nitro benzene ring substituents is 1. The lowest BCUT2D eigenvalue weighted by Gasteiger charge is -2.20. The Kier molecular flexibility index (Phi) is 3.66. The highest BCUT2D eigenvalue weighted by atomic mass is 79.9. The zero-order valence-corrected chi connectivity index (χ0v) is 15.0. The molecule has 1 amide bonds. The van der Waals surface area contributed by atoms with Gasteiger partial charge in [0.05, 0.1) is 21.9 Å². The number of carbonyl (C=O) groups is 1. The van der Waals surface area contributed by atoms with Gasteiger partial charge in [-0.15, -0.1) is 0 Å². The summed E-state index contributed by atoms with van der Waals surface area (Å²) in [6, 6.07) is 10.2. The fourth-order valence-electron chi connectivity index (χ4n) is 3.26. The fraction of sp³-hybridized carbons (Fsp3) is 0.111. The summed E-state index contributed by atoms with van der Waals surface area (Å²) in [5, 5.41) is 11.4. The molecule has 1 atom stereocenters. The van der Waals surface area contributed by atoms with E-state index in [9.17, 15) is 19.7 Å². The number of hydrogen-bond acceptors (Lipinski definition) is 5. The molecule has 0 radical (unpaired) electrons. The molecule has 7 nitrogen and oxygen atoms in total. The summed E-state index contributed by atoms with van der Waals surface area (Å²) in [6.07, 6.45) is 0. The molecule has 0 bridgehead atoms. The first kappa shape index (κ1) is 16.5. The number of fused-ring (bicyclic) bond motifs is 2. The molecule has 0 saturated carbocycles. The highest BCUT2D eigenvalue weighted by Crippen LogP contribution is 2.38. The number of amides is 1. The average molecular weight is 415 g/mol. The first-order chi connectivity index (χ1) is 12.4. The van der Waals surface area contributed by atoms with E-state index in [1.165, 1.54) is 23.1 Å². The zero-order chi connectivity index (χ0) is 18.6. The molecule has 130 valence electrons. The Labute approximate surface area is 155 Å². The van der Waals surface area contributed by atoms with Gasteiger partial charge in [0.2, 0.25) is 5.76 Å². The maximum atomic E-state index is 13.1. The largest absolute Gasteiger partial charge is 0.450 e. The molecule has 0 saturated heterocycles. The van der Waals surface area contributed by atoms with Crippen molar-refractivity contribution in [3.8, 4) is 0 Å². The average Bonchev–Trinajstić information content (AvgIpc) is 2.87. The summed E-state index contributed by atoms with van der Waals surface area (Å²) < 4.78 is 6.42. The summed E-state index contributed by atoms with van der Waals surface area (Å²) in [4.78, 5) is 37.6. The fourth-order valence-corrected chi connectivity index (χ4v) is 3.62. The molecule has 0 N–H and O–H groups in total. The van der Waals surface area contributed by atoms with Gasteiger partial charge < -0.3 is 9.32 Å². The Bertz CT molecular complexity index is 1150. The molecule has 1 aliphatic heterocycles. The number of carbonyl (C=O) groups excluding carboxylic acids is 1. The quantitative estimate of drug-likeness (QED) is 0.471. The van der Waals surface area contributed by atoms with E-state index in [1.807, 2.05) is 0 Å². The van der Waals surface area contributed by atoms with E-state index in [0.29, 0.717) is 21.0 Å². The van der Waals surface area contributed by atoms with E-state index in [2.05, 4.69) is 15.9 Å².